The third kappa shape index (κ3) is 7.45. The van der Waals surface area contributed by atoms with Crippen LogP contribution in [0.1, 0.15) is 50.0 Å². The zero-order chi connectivity index (χ0) is 32.3. The fourth-order valence-corrected chi connectivity index (χ4v) is 5.28. The van der Waals surface area contributed by atoms with Gasteiger partial charge >= 0.3 is 6.11 Å². The molecular formula is C34H28ClF7O3. The van der Waals surface area contributed by atoms with Crippen LogP contribution < -0.4 is 4.74 Å². The first-order valence-electron chi connectivity index (χ1n) is 14.3. The molecule has 5 rings (SSSR count). The summed E-state index contributed by atoms with van der Waals surface area (Å²) in [6.45, 7) is 2.69. The Morgan fingerprint density at radius 1 is 0.733 bits per heavy atom. The predicted molar refractivity (Wildman–Crippen MR) is 155 cm³/mol. The molecule has 3 nitrogen and oxygen atoms in total. The van der Waals surface area contributed by atoms with Crippen molar-refractivity contribution in [3.8, 4) is 28.0 Å². The molecule has 1 aliphatic heterocycles. The molecule has 0 saturated carbocycles. The van der Waals surface area contributed by atoms with Gasteiger partial charge in [-0.05, 0) is 60.0 Å². The van der Waals surface area contributed by atoms with Crippen LogP contribution in [0.4, 0.5) is 30.7 Å². The summed E-state index contributed by atoms with van der Waals surface area (Å²) in [6.07, 6.45) is -1.65. The molecule has 11 heteroatoms. The second-order valence-corrected chi connectivity index (χ2v) is 11.2. The molecule has 238 valence electrons. The highest BCUT2D eigenvalue weighted by Gasteiger charge is 2.42. The lowest BCUT2D eigenvalue weighted by Gasteiger charge is -2.30. The van der Waals surface area contributed by atoms with Crippen LogP contribution >= 0.6 is 11.6 Å². The lowest BCUT2D eigenvalue weighted by molar-refractivity contribution is -0.206. The molecule has 0 bridgehead atoms. The minimum atomic E-state index is -4.53. The highest BCUT2D eigenvalue weighted by molar-refractivity contribution is 6.30. The van der Waals surface area contributed by atoms with Crippen LogP contribution in [0, 0.1) is 35.0 Å². The van der Waals surface area contributed by atoms with Crippen molar-refractivity contribution in [2.45, 2.75) is 45.0 Å². The topological polar surface area (TPSA) is 27.7 Å². The van der Waals surface area contributed by atoms with E-state index in [9.17, 15) is 17.6 Å². The van der Waals surface area contributed by atoms with E-state index in [1.54, 1.807) is 0 Å². The molecular weight excluding hydrogens is 625 g/mol. The lowest BCUT2D eigenvalue weighted by atomic mass is 9.99. The van der Waals surface area contributed by atoms with Gasteiger partial charge in [0.25, 0.3) is 0 Å². The number of hydrogen-bond donors (Lipinski definition) is 0. The Labute approximate surface area is 260 Å². The third-order valence-corrected chi connectivity index (χ3v) is 7.81. The van der Waals surface area contributed by atoms with Crippen LogP contribution in [0.5, 0.6) is 5.75 Å². The number of alkyl halides is 2. The number of halogens is 8. The molecule has 45 heavy (non-hydrogen) atoms. The van der Waals surface area contributed by atoms with E-state index < -0.39 is 52.8 Å². The molecule has 0 aliphatic carbocycles. The molecule has 4 aromatic carbocycles. The zero-order valence-electron chi connectivity index (χ0n) is 24.0. The zero-order valence-corrected chi connectivity index (χ0v) is 24.8. The number of rotatable bonds is 10. The maximum atomic E-state index is 15.0. The molecule has 0 radical (unpaired) electrons. The van der Waals surface area contributed by atoms with Gasteiger partial charge in [-0.3, -0.25) is 0 Å². The number of unbranched alkanes of at least 4 members (excludes halogenated alkanes) is 2. The Kier molecular flexibility index (Phi) is 10.1. The van der Waals surface area contributed by atoms with E-state index >= 15 is 13.2 Å². The molecule has 0 spiro atoms. The van der Waals surface area contributed by atoms with Crippen LogP contribution in [-0.2, 0) is 15.6 Å². The van der Waals surface area contributed by atoms with E-state index in [1.807, 2.05) is 0 Å². The first-order valence-corrected chi connectivity index (χ1v) is 14.7. The van der Waals surface area contributed by atoms with Crippen LogP contribution in [-0.4, -0.2) is 13.2 Å². The van der Waals surface area contributed by atoms with Crippen molar-refractivity contribution in [2.24, 2.45) is 5.92 Å². The Morgan fingerprint density at radius 2 is 1.31 bits per heavy atom. The second kappa shape index (κ2) is 13.8. The maximum Gasteiger partial charge on any atom is 0.432 e. The van der Waals surface area contributed by atoms with E-state index in [4.69, 9.17) is 21.1 Å². The maximum absolute atomic E-state index is 15.0. The summed E-state index contributed by atoms with van der Waals surface area (Å²) in [6, 6.07) is 11.4. The molecule has 0 aromatic heterocycles. The Hall–Kier alpha value is -3.60. The van der Waals surface area contributed by atoms with E-state index in [0.29, 0.717) is 31.4 Å². The third-order valence-electron chi connectivity index (χ3n) is 7.51. The van der Waals surface area contributed by atoms with Gasteiger partial charge in [0.05, 0.1) is 18.2 Å². The van der Waals surface area contributed by atoms with Crippen molar-refractivity contribution in [3.05, 3.63) is 112 Å². The van der Waals surface area contributed by atoms with Gasteiger partial charge in [-0.1, -0.05) is 56.0 Å². The summed E-state index contributed by atoms with van der Waals surface area (Å²) in [4.78, 5) is 0. The van der Waals surface area contributed by atoms with E-state index in [0.717, 1.165) is 49.9 Å². The van der Waals surface area contributed by atoms with Crippen molar-refractivity contribution in [1.82, 2.24) is 0 Å². The minimum Gasteiger partial charge on any atom is -0.429 e. The average Bonchev–Trinajstić information content (AvgIpc) is 2.98. The van der Waals surface area contributed by atoms with Crippen molar-refractivity contribution >= 4 is 11.6 Å². The van der Waals surface area contributed by atoms with Gasteiger partial charge in [0.15, 0.2) is 6.29 Å². The Balaban J connectivity index is 1.29. The van der Waals surface area contributed by atoms with Gasteiger partial charge in [-0.2, -0.15) is 8.78 Å². The van der Waals surface area contributed by atoms with Gasteiger partial charge in [0, 0.05) is 28.7 Å². The molecule has 1 aliphatic rings. The quantitative estimate of drug-likeness (QED) is 0.126. The summed E-state index contributed by atoms with van der Waals surface area (Å²) in [5, 5.41) is -0.136. The fourth-order valence-electron chi connectivity index (χ4n) is 5.17. The normalized spacial score (nSPS) is 17.0. The summed E-state index contributed by atoms with van der Waals surface area (Å²) in [5.41, 5.74) is -1.66. The van der Waals surface area contributed by atoms with Crippen LogP contribution in [0.3, 0.4) is 0 Å². The molecule has 0 atom stereocenters. The van der Waals surface area contributed by atoms with Crippen LogP contribution in [0.2, 0.25) is 5.02 Å². The number of hydrogen-bond acceptors (Lipinski definition) is 3. The van der Waals surface area contributed by atoms with Crippen molar-refractivity contribution in [2.75, 3.05) is 13.2 Å². The largest absolute Gasteiger partial charge is 0.432 e. The summed E-state index contributed by atoms with van der Waals surface area (Å²) >= 11 is 5.67. The fraction of sp³-hybridized carbons (Fsp3) is 0.294. The summed E-state index contributed by atoms with van der Waals surface area (Å²) < 4.78 is 119. The van der Waals surface area contributed by atoms with Crippen molar-refractivity contribution in [3.63, 3.8) is 0 Å². The minimum absolute atomic E-state index is 0.0256. The Bertz CT molecular complexity index is 1650. The van der Waals surface area contributed by atoms with E-state index in [-0.39, 0.29) is 38.8 Å². The Morgan fingerprint density at radius 3 is 1.89 bits per heavy atom. The van der Waals surface area contributed by atoms with Crippen LogP contribution in [0.25, 0.3) is 22.3 Å². The molecule has 1 saturated heterocycles. The highest BCUT2D eigenvalue weighted by Crippen LogP contribution is 2.39. The average molecular weight is 653 g/mol. The van der Waals surface area contributed by atoms with Gasteiger partial charge in [-0.25, -0.2) is 22.0 Å². The van der Waals surface area contributed by atoms with E-state index in [1.165, 1.54) is 24.3 Å². The van der Waals surface area contributed by atoms with Gasteiger partial charge < -0.3 is 14.2 Å². The van der Waals surface area contributed by atoms with E-state index in [2.05, 4.69) is 11.7 Å². The molecule has 0 amide bonds. The van der Waals surface area contributed by atoms with Gasteiger partial charge in [0.2, 0.25) is 0 Å². The van der Waals surface area contributed by atoms with Crippen LogP contribution in [0.15, 0.2) is 66.7 Å². The first-order chi connectivity index (χ1) is 21.5. The molecule has 1 fully saturated rings. The smallest absolute Gasteiger partial charge is 0.429 e. The molecule has 1 heterocycles. The van der Waals surface area contributed by atoms with Gasteiger partial charge in [0.1, 0.15) is 40.4 Å². The lowest BCUT2D eigenvalue weighted by Crippen LogP contribution is -2.28. The molecule has 4 aromatic rings. The molecule has 0 unspecified atom stereocenters. The first kappa shape index (κ1) is 32.8. The van der Waals surface area contributed by atoms with Crippen molar-refractivity contribution in [1.29, 1.82) is 0 Å². The summed E-state index contributed by atoms with van der Waals surface area (Å²) in [7, 11) is 0. The predicted octanol–water partition coefficient (Wildman–Crippen LogP) is 10.7. The highest BCUT2D eigenvalue weighted by atomic mass is 35.5. The number of ether oxygens (including phenoxy) is 3. The monoisotopic (exact) mass is 652 g/mol. The van der Waals surface area contributed by atoms with Gasteiger partial charge in [-0.15, -0.1) is 0 Å². The number of benzene rings is 4. The SMILES string of the molecule is CCCCCC1COC(c2cc(F)c(C(F)(F)Oc3ccc(-c4ccc(-c5ccc(Cl)c(F)c5)c(F)c4)c(F)c3)c(F)c2)OC1. The summed E-state index contributed by atoms with van der Waals surface area (Å²) in [5.74, 6) is -6.41. The second-order valence-electron chi connectivity index (χ2n) is 10.8. The van der Waals surface area contributed by atoms with Crippen molar-refractivity contribution < 1.29 is 44.9 Å². The molecule has 0 N–H and O–H groups in total. The standard InChI is InChI=1S/C34H28ClF7O3/c1-2-3-4-5-19-17-43-33(44-18-19)22-14-30(39)32(31(40)15-22)34(41,42)45-23-8-10-25(28(37)16-23)20-6-9-24(27(36)12-20)21-7-11-26(35)29(38)13-21/h6-16,19,33H,2-5,17-18H2,1H3.